The summed E-state index contributed by atoms with van der Waals surface area (Å²) in [5.41, 5.74) is 1.53. The van der Waals surface area contributed by atoms with Gasteiger partial charge in [-0.15, -0.1) is 10.2 Å². The molecule has 0 radical (unpaired) electrons. The molecular weight excluding hydrogens is 256 g/mol. The molecule has 1 saturated heterocycles. The lowest BCUT2D eigenvalue weighted by Crippen LogP contribution is -2.32. The third kappa shape index (κ3) is 2.55. The van der Waals surface area contributed by atoms with Gasteiger partial charge in [-0.1, -0.05) is 6.07 Å². The van der Waals surface area contributed by atoms with E-state index in [1.165, 1.54) is 6.39 Å². The van der Waals surface area contributed by atoms with E-state index >= 15 is 0 Å². The Balaban J connectivity index is 1.74. The molecule has 20 heavy (non-hydrogen) atoms. The van der Waals surface area contributed by atoms with E-state index in [0.717, 1.165) is 24.2 Å². The van der Waals surface area contributed by atoms with Crippen LogP contribution >= 0.6 is 0 Å². The molecule has 1 aromatic heterocycles. The van der Waals surface area contributed by atoms with Crippen LogP contribution in [0, 0.1) is 5.92 Å². The molecular formula is C14H16N4O2. The van der Waals surface area contributed by atoms with E-state index in [9.17, 15) is 4.79 Å². The Morgan fingerprint density at radius 3 is 3.10 bits per heavy atom. The van der Waals surface area contributed by atoms with Gasteiger partial charge in [0.15, 0.2) is 0 Å². The van der Waals surface area contributed by atoms with Gasteiger partial charge in [0.25, 0.3) is 0 Å². The Hall–Kier alpha value is -2.21. The summed E-state index contributed by atoms with van der Waals surface area (Å²) in [4.78, 5) is 12.2. The minimum atomic E-state index is 0.0158. The lowest BCUT2D eigenvalue weighted by Gasteiger charge is -2.15. The van der Waals surface area contributed by atoms with Crippen LogP contribution in [-0.2, 0) is 4.79 Å². The van der Waals surface area contributed by atoms with Crippen LogP contribution in [0.4, 0.5) is 5.69 Å². The first kappa shape index (κ1) is 12.8. The van der Waals surface area contributed by atoms with Crippen LogP contribution < -0.4 is 10.6 Å². The Bertz CT molecular complexity index is 597. The highest BCUT2D eigenvalue weighted by Gasteiger charge is 2.29. The number of carbonyl (C=O) groups is 1. The summed E-state index contributed by atoms with van der Waals surface area (Å²) in [5, 5.41) is 13.7. The fourth-order valence-corrected chi connectivity index (χ4v) is 2.48. The van der Waals surface area contributed by atoms with Crippen molar-refractivity contribution < 1.29 is 9.21 Å². The molecule has 0 saturated carbocycles. The molecule has 2 atom stereocenters. The standard InChI is InChI=1S/C14H16N4O2/c1-9-12(5-6-15-9)13(19)17-11-4-2-3-10(7-11)14-18-16-8-20-14/h2-4,7-9,12,15H,5-6H2,1H3,(H,17,19). The van der Waals surface area contributed by atoms with Crippen molar-refractivity contribution in [1.29, 1.82) is 0 Å². The Morgan fingerprint density at radius 1 is 1.50 bits per heavy atom. The van der Waals surface area contributed by atoms with Gasteiger partial charge in [0.05, 0.1) is 5.92 Å². The summed E-state index contributed by atoms with van der Waals surface area (Å²) in [5.74, 6) is 0.504. The van der Waals surface area contributed by atoms with E-state index in [0.29, 0.717) is 5.89 Å². The predicted octanol–water partition coefficient (Wildman–Crippen LogP) is 1.67. The second kappa shape index (κ2) is 5.42. The molecule has 104 valence electrons. The van der Waals surface area contributed by atoms with Gasteiger partial charge in [-0.3, -0.25) is 4.79 Å². The first-order valence-electron chi connectivity index (χ1n) is 6.65. The van der Waals surface area contributed by atoms with Crippen LogP contribution in [0.3, 0.4) is 0 Å². The average Bonchev–Trinajstić information content (AvgIpc) is 3.09. The molecule has 3 rings (SSSR count). The van der Waals surface area contributed by atoms with E-state index in [1.807, 2.05) is 31.2 Å². The van der Waals surface area contributed by atoms with Gasteiger partial charge in [0, 0.05) is 17.3 Å². The molecule has 2 N–H and O–H groups in total. The number of carbonyl (C=O) groups excluding carboxylic acids is 1. The second-order valence-corrected chi connectivity index (χ2v) is 4.95. The molecule has 0 spiro atoms. The summed E-state index contributed by atoms with van der Waals surface area (Å²) in [6.45, 7) is 2.92. The van der Waals surface area contributed by atoms with Gasteiger partial charge in [0.2, 0.25) is 18.2 Å². The quantitative estimate of drug-likeness (QED) is 0.888. The summed E-state index contributed by atoms with van der Waals surface area (Å²) in [7, 11) is 0. The van der Waals surface area contributed by atoms with E-state index in [2.05, 4.69) is 20.8 Å². The van der Waals surface area contributed by atoms with E-state index in [-0.39, 0.29) is 17.9 Å². The minimum Gasteiger partial charge on any atom is -0.423 e. The zero-order valence-corrected chi connectivity index (χ0v) is 11.2. The van der Waals surface area contributed by atoms with Crippen LogP contribution in [0.1, 0.15) is 13.3 Å². The molecule has 1 aromatic carbocycles. The normalized spacial score (nSPS) is 21.9. The first-order chi connectivity index (χ1) is 9.74. The second-order valence-electron chi connectivity index (χ2n) is 4.95. The maximum absolute atomic E-state index is 12.2. The monoisotopic (exact) mass is 272 g/mol. The highest BCUT2D eigenvalue weighted by Crippen LogP contribution is 2.22. The number of amides is 1. The van der Waals surface area contributed by atoms with Crippen LogP contribution in [0.25, 0.3) is 11.5 Å². The molecule has 2 unspecified atom stereocenters. The van der Waals surface area contributed by atoms with Crippen molar-refractivity contribution in [3.63, 3.8) is 0 Å². The van der Waals surface area contributed by atoms with Crippen molar-refractivity contribution in [2.45, 2.75) is 19.4 Å². The number of benzene rings is 1. The molecule has 2 aromatic rings. The van der Waals surface area contributed by atoms with E-state index in [4.69, 9.17) is 4.42 Å². The highest BCUT2D eigenvalue weighted by atomic mass is 16.4. The number of nitrogens with one attached hydrogen (secondary N) is 2. The lowest BCUT2D eigenvalue weighted by atomic mass is 10.0. The molecule has 0 aliphatic carbocycles. The zero-order valence-electron chi connectivity index (χ0n) is 11.2. The predicted molar refractivity (Wildman–Crippen MR) is 73.9 cm³/mol. The maximum Gasteiger partial charge on any atom is 0.247 e. The molecule has 1 aliphatic rings. The van der Waals surface area contributed by atoms with Crippen molar-refractivity contribution in [2.24, 2.45) is 5.92 Å². The molecule has 6 nitrogen and oxygen atoms in total. The number of nitrogens with zero attached hydrogens (tertiary/aromatic N) is 2. The molecule has 1 fully saturated rings. The zero-order chi connectivity index (χ0) is 13.9. The number of rotatable bonds is 3. The van der Waals surface area contributed by atoms with Gasteiger partial charge in [-0.25, -0.2) is 0 Å². The SMILES string of the molecule is CC1NCCC1C(=O)Nc1cccc(-c2nnco2)c1. The van der Waals surface area contributed by atoms with Gasteiger partial charge in [0.1, 0.15) is 0 Å². The first-order valence-corrected chi connectivity index (χ1v) is 6.65. The highest BCUT2D eigenvalue weighted by molar-refractivity contribution is 5.93. The lowest BCUT2D eigenvalue weighted by molar-refractivity contribution is -0.119. The van der Waals surface area contributed by atoms with Gasteiger partial charge >= 0.3 is 0 Å². The van der Waals surface area contributed by atoms with Crippen LogP contribution in [0.2, 0.25) is 0 Å². The molecule has 1 amide bonds. The third-order valence-electron chi connectivity index (χ3n) is 3.60. The summed E-state index contributed by atoms with van der Waals surface area (Å²) < 4.78 is 5.15. The number of hydrogen-bond acceptors (Lipinski definition) is 5. The molecule has 2 heterocycles. The van der Waals surface area contributed by atoms with Crippen molar-refractivity contribution in [3.05, 3.63) is 30.7 Å². The Labute approximate surface area is 116 Å². The van der Waals surface area contributed by atoms with Crippen molar-refractivity contribution in [2.75, 3.05) is 11.9 Å². The van der Waals surface area contributed by atoms with Gasteiger partial charge in [-0.2, -0.15) is 0 Å². The van der Waals surface area contributed by atoms with E-state index in [1.54, 1.807) is 0 Å². The summed E-state index contributed by atoms with van der Waals surface area (Å²) in [6, 6.07) is 7.62. The minimum absolute atomic E-state index is 0.0158. The average molecular weight is 272 g/mol. The number of hydrogen-bond donors (Lipinski definition) is 2. The number of aromatic nitrogens is 2. The van der Waals surface area contributed by atoms with Crippen LogP contribution in [-0.4, -0.2) is 28.7 Å². The van der Waals surface area contributed by atoms with Gasteiger partial charge < -0.3 is 15.1 Å². The third-order valence-corrected chi connectivity index (χ3v) is 3.60. The summed E-state index contributed by atoms with van der Waals surface area (Å²) in [6.07, 6.45) is 2.16. The van der Waals surface area contributed by atoms with Crippen LogP contribution in [0.15, 0.2) is 35.1 Å². The molecule has 0 bridgehead atoms. The van der Waals surface area contributed by atoms with Crippen LogP contribution in [0.5, 0.6) is 0 Å². The Kier molecular flexibility index (Phi) is 3.47. The molecule has 1 aliphatic heterocycles. The smallest absolute Gasteiger partial charge is 0.247 e. The Morgan fingerprint density at radius 2 is 2.40 bits per heavy atom. The fourth-order valence-electron chi connectivity index (χ4n) is 2.48. The van der Waals surface area contributed by atoms with Gasteiger partial charge in [-0.05, 0) is 38.1 Å². The number of anilines is 1. The van der Waals surface area contributed by atoms with Crippen molar-refractivity contribution >= 4 is 11.6 Å². The van der Waals surface area contributed by atoms with E-state index < -0.39 is 0 Å². The van der Waals surface area contributed by atoms with Crippen molar-refractivity contribution in [3.8, 4) is 11.5 Å². The summed E-state index contributed by atoms with van der Waals surface area (Å²) >= 11 is 0. The van der Waals surface area contributed by atoms with Crippen molar-refractivity contribution in [1.82, 2.24) is 15.5 Å². The maximum atomic E-state index is 12.2. The topological polar surface area (TPSA) is 80.0 Å². The fraction of sp³-hybridized carbons (Fsp3) is 0.357. The molecule has 6 heteroatoms. The largest absolute Gasteiger partial charge is 0.423 e.